The monoisotopic (exact) mass is 534 g/mol. The van der Waals surface area contributed by atoms with Gasteiger partial charge >= 0.3 is 17.9 Å². The van der Waals surface area contributed by atoms with Crippen LogP contribution >= 0.6 is 11.8 Å². The predicted molar refractivity (Wildman–Crippen MR) is 136 cm³/mol. The van der Waals surface area contributed by atoms with Crippen LogP contribution in [-0.4, -0.2) is 86.4 Å². The summed E-state index contributed by atoms with van der Waals surface area (Å²) < 4.78 is 16.3. The number of esters is 1. The third kappa shape index (κ3) is 8.12. The highest BCUT2D eigenvalue weighted by Crippen LogP contribution is 2.48. The molecule has 1 aliphatic rings. The smallest absolute Gasteiger partial charge is 0.414 e. The summed E-state index contributed by atoms with van der Waals surface area (Å²) in [6.45, 7) is 2.47. The van der Waals surface area contributed by atoms with Crippen LogP contribution in [0, 0.1) is 0 Å². The highest BCUT2D eigenvalue weighted by molar-refractivity contribution is 7.99. The summed E-state index contributed by atoms with van der Waals surface area (Å²) in [6, 6.07) is 13.1. The number of hydrogen-bond donors (Lipinski definition) is 2. The molecule has 0 fully saturated rings. The number of carbonyl (C=O) groups excluding carboxylic acids is 2. The molecule has 0 spiro atoms. The van der Waals surface area contributed by atoms with Gasteiger partial charge in [-0.3, -0.25) is 9.59 Å². The quantitative estimate of drug-likeness (QED) is 0.399. The van der Waals surface area contributed by atoms with Crippen molar-refractivity contribution < 1.29 is 43.6 Å². The molecule has 0 aromatic heterocycles. The molecule has 3 rings (SSSR count). The zero-order valence-electron chi connectivity index (χ0n) is 21.2. The summed E-state index contributed by atoms with van der Waals surface area (Å²) in [6.07, 6.45) is -0.962. The van der Waals surface area contributed by atoms with E-state index in [4.69, 9.17) is 34.0 Å². The van der Waals surface area contributed by atoms with E-state index in [1.165, 1.54) is 18.7 Å². The third-order valence-electron chi connectivity index (χ3n) is 5.19. The van der Waals surface area contributed by atoms with E-state index in [2.05, 4.69) is 0 Å². The Morgan fingerprint density at radius 2 is 1.54 bits per heavy atom. The van der Waals surface area contributed by atoms with Crippen LogP contribution in [0.1, 0.15) is 17.7 Å². The molecule has 2 N–H and O–H groups in total. The maximum absolute atomic E-state index is 13.7. The van der Waals surface area contributed by atoms with E-state index in [0.29, 0.717) is 24.6 Å². The lowest BCUT2D eigenvalue weighted by Gasteiger charge is -2.28. The molecule has 2 aromatic rings. The van der Waals surface area contributed by atoms with Gasteiger partial charge in [-0.2, -0.15) is 0 Å². The Labute approximate surface area is 218 Å². The Kier molecular flexibility index (Phi) is 10.8. The lowest BCUT2D eigenvalue weighted by atomic mass is 10.1. The molecule has 11 nitrogen and oxygen atoms in total. The van der Waals surface area contributed by atoms with Gasteiger partial charge in [0.05, 0.1) is 25.2 Å². The van der Waals surface area contributed by atoms with E-state index in [1.807, 2.05) is 61.5 Å². The van der Waals surface area contributed by atoms with E-state index in [-0.39, 0.29) is 5.91 Å². The van der Waals surface area contributed by atoms with Crippen LogP contribution in [0.2, 0.25) is 0 Å². The average molecular weight is 535 g/mol. The first-order valence-corrected chi connectivity index (χ1v) is 11.9. The van der Waals surface area contributed by atoms with E-state index >= 15 is 0 Å². The number of nitrogens with zero attached hydrogens (tertiary/aromatic N) is 2. The number of benzene rings is 2. The number of likely N-dealkylation sites (N-methyl/N-ethyl adjacent to an activating group) is 1. The highest BCUT2D eigenvalue weighted by atomic mass is 32.2. The fourth-order valence-electron chi connectivity index (χ4n) is 3.40. The number of fused-ring (bicyclic) bond motifs is 1. The highest BCUT2D eigenvalue weighted by Gasteiger charge is 2.41. The fourth-order valence-corrected chi connectivity index (χ4v) is 4.74. The van der Waals surface area contributed by atoms with Crippen molar-refractivity contribution >= 4 is 41.3 Å². The molecule has 0 bridgehead atoms. The van der Waals surface area contributed by atoms with Crippen molar-refractivity contribution in [3.8, 4) is 11.5 Å². The second kappa shape index (κ2) is 13.5. The van der Waals surface area contributed by atoms with Gasteiger partial charge in [0.15, 0.2) is 6.10 Å². The van der Waals surface area contributed by atoms with E-state index < -0.39 is 29.3 Å². The van der Waals surface area contributed by atoms with Gasteiger partial charge < -0.3 is 34.2 Å². The Morgan fingerprint density at radius 1 is 0.973 bits per heavy atom. The van der Waals surface area contributed by atoms with Crippen molar-refractivity contribution in [2.75, 3.05) is 46.3 Å². The summed E-state index contributed by atoms with van der Waals surface area (Å²) >= 11 is 1.49. The SMILES string of the molecule is COc1ccc([C@H]2Sc3cc(OC)ccc3N(CCN(C)C)C(=O)[C@H]2OC(C)=O)cc1.O=C(O)C(=O)O. The van der Waals surface area contributed by atoms with Gasteiger partial charge in [-0.1, -0.05) is 12.1 Å². The minimum Gasteiger partial charge on any atom is -0.497 e. The molecule has 0 unspecified atom stereocenters. The van der Waals surface area contributed by atoms with E-state index in [9.17, 15) is 9.59 Å². The molecule has 0 radical (unpaired) electrons. The lowest BCUT2D eigenvalue weighted by molar-refractivity contribution is -0.159. The van der Waals surface area contributed by atoms with Crippen molar-refractivity contribution in [1.29, 1.82) is 0 Å². The second-order valence-corrected chi connectivity index (χ2v) is 9.26. The van der Waals surface area contributed by atoms with Crippen LogP contribution in [-0.2, 0) is 23.9 Å². The van der Waals surface area contributed by atoms with Crippen LogP contribution in [0.5, 0.6) is 11.5 Å². The predicted octanol–water partition coefficient (Wildman–Crippen LogP) is 2.53. The number of methoxy groups -OCH3 is 2. The first-order chi connectivity index (χ1) is 17.5. The average Bonchev–Trinajstić information content (AvgIpc) is 2.96. The van der Waals surface area contributed by atoms with Gasteiger partial charge in [-0.25, -0.2) is 9.59 Å². The van der Waals surface area contributed by atoms with Crippen molar-refractivity contribution in [1.82, 2.24) is 4.90 Å². The van der Waals surface area contributed by atoms with Crippen molar-refractivity contribution in [3.05, 3.63) is 48.0 Å². The number of amides is 1. The van der Waals surface area contributed by atoms with Gasteiger partial charge in [0, 0.05) is 24.9 Å². The van der Waals surface area contributed by atoms with Crippen LogP contribution < -0.4 is 14.4 Å². The van der Waals surface area contributed by atoms with Crippen LogP contribution in [0.15, 0.2) is 47.4 Å². The number of anilines is 1. The first-order valence-electron chi connectivity index (χ1n) is 11.1. The molecule has 1 heterocycles. The number of ether oxygens (including phenoxy) is 3. The van der Waals surface area contributed by atoms with Crippen molar-refractivity contribution in [2.45, 2.75) is 23.2 Å². The minimum absolute atomic E-state index is 0.241. The van der Waals surface area contributed by atoms with Crippen molar-refractivity contribution in [2.24, 2.45) is 0 Å². The Bertz CT molecular complexity index is 1110. The van der Waals surface area contributed by atoms with Crippen LogP contribution in [0.4, 0.5) is 5.69 Å². The molecule has 0 saturated heterocycles. The summed E-state index contributed by atoms with van der Waals surface area (Å²) in [5, 5.41) is 14.4. The second-order valence-electron chi connectivity index (χ2n) is 8.08. The zero-order chi connectivity index (χ0) is 27.7. The molecular weight excluding hydrogens is 504 g/mol. The van der Waals surface area contributed by atoms with Gasteiger partial charge in [0.1, 0.15) is 11.5 Å². The van der Waals surface area contributed by atoms with E-state index in [0.717, 1.165) is 16.1 Å². The Balaban J connectivity index is 0.000000717. The largest absolute Gasteiger partial charge is 0.497 e. The number of thioether (sulfide) groups is 1. The molecule has 1 aliphatic heterocycles. The summed E-state index contributed by atoms with van der Waals surface area (Å²) in [5.74, 6) is -2.97. The summed E-state index contributed by atoms with van der Waals surface area (Å²) in [7, 11) is 7.12. The number of rotatable bonds is 7. The lowest BCUT2D eigenvalue weighted by Crippen LogP contribution is -2.45. The minimum atomic E-state index is -1.82. The fraction of sp³-hybridized carbons (Fsp3) is 0.360. The van der Waals surface area contributed by atoms with Gasteiger partial charge in [0.25, 0.3) is 5.91 Å². The zero-order valence-corrected chi connectivity index (χ0v) is 22.0. The number of aliphatic carboxylic acids is 2. The summed E-state index contributed by atoms with van der Waals surface area (Å²) in [5.41, 5.74) is 1.65. The molecule has 12 heteroatoms. The maximum Gasteiger partial charge on any atom is 0.414 e. The third-order valence-corrected chi connectivity index (χ3v) is 6.54. The Hall–Kier alpha value is -3.77. The molecule has 2 atom stereocenters. The standard InChI is InChI=1S/C23H28N2O5S.C2H2O4/c1-15(26)30-21-22(16-6-8-17(28-4)9-7-16)31-20-14-18(29-5)10-11-19(20)25(23(21)27)13-12-24(2)3;3-1(4)2(5)6/h6-11,14,21-22H,12-13H2,1-5H3;(H,3,4)(H,5,6)/t21-,22+;/m0./s1. The first kappa shape index (κ1) is 29.5. The van der Waals surface area contributed by atoms with E-state index in [1.54, 1.807) is 19.1 Å². The Morgan fingerprint density at radius 3 is 2.03 bits per heavy atom. The van der Waals surface area contributed by atoms with Crippen LogP contribution in [0.25, 0.3) is 0 Å². The topological polar surface area (TPSA) is 143 Å². The van der Waals surface area contributed by atoms with Gasteiger partial charge in [-0.05, 0) is 50.0 Å². The number of carboxylic acid groups (broad SMARTS) is 2. The summed E-state index contributed by atoms with van der Waals surface area (Å²) in [4.78, 5) is 48.4. The molecular formula is C25H30N2O9S. The number of hydrogen-bond acceptors (Lipinski definition) is 9. The molecule has 200 valence electrons. The molecule has 0 aliphatic carbocycles. The maximum atomic E-state index is 13.7. The molecule has 37 heavy (non-hydrogen) atoms. The van der Waals surface area contributed by atoms with Gasteiger partial charge in [0.2, 0.25) is 0 Å². The molecule has 0 saturated carbocycles. The normalized spacial score (nSPS) is 16.6. The molecule has 1 amide bonds. The number of carboxylic acids is 2. The van der Waals surface area contributed by atoms with Crippen molar-refractivity contribution in [3.63, 3.8) is 0 Å². The number of carbonyl (C=O) groups is 4. The van der Waals surface area contributed by atoms with Crippen LogP contribution in [0.3, 0.4) is 0 Å². The molecule has 2 aromatic carbocycles. The van der Waals surface area contributed by atoms with Gasteiger partial charge in [-0.15, -0.1) is 11.8 Å².